The molecule has 172 valence electrons. The highest BCUT2D eigenvalue weighted by molar-refractivity contribution is 5.73. The average molecular weight is 438 g/mol. The summed E-state index contributed by atoms with van der Waals surface area (Å²) in [7, 11) is 0. The number of aliphatic carboxylic acids is 6. The first kappa shape index (κ1) is 28.9. The van der Waals surface area contributed by atoms with Crippen LogP contribution in [0, 0.1) is 0 Å². The van der Waals surface area contributed by atoms with Gasteiger partial charge in [-0.25, -0.2) is 0 Å². The zero-order valence-electron chi connectivity index (χ0n) is 16.1. The predicted octanol–water partition coefficient (Wildman–Crippen LogP) is -1.36. The van der Waals surface area contributed by atoms with Gasteiger partial charge in [0.05, 0.1) is 26.2 Å². The van der Waals surface area contributed by atoms with Crippen molar-refractivity contribution in [2.45, 2.75) is 25.7 Å². The number of rotatable bonds is 16. The maximum absolute atomic E-state index is 10.6. The number of unbranched alkanes of at least 4 members (excludes halogenated alkanes) is 1. The van der Waals surface area contributed by atoms with E-state index in [1.54, 1.807) is 0 Å². The topological polar surface area (TPSA) is 230 Å². The molecule has 0 heterocycles. The normalized spacial score (nSPS) is 10.2. The molecule has 0 amide bonds. The number of carbonyl (C=O) groups is 6. The van der Waals surface area contributed by atoms with Crippen molar-refractivity contribution in [2.24, 2.45) is 0 Å². The molecule has 0 radical (unpaired) electrons. The number of carboxylic acid groups (broad SMARTS) is 6. The quantitative estimate of drug-likeness (QED) is 0.153. The fraction of sp³-hybridized carbons (Fsp3) is 0.625. The van der Waals surface area contributed by atoms with E-state index in [9.17, 15) is 28.8 Å². The van der Waals surface area contributed by atoms with Gasteiger partial charge in [-0.05, 0) is 12.8 Å². The third-order valence-electron chi connectivity index (χ3n) is 3.20. The van der Waals surface area contributed by atoms with Gasteiger partial charge < -0.3 is 30.6 Å². The van der Waals surface area contributed by atoms with Gasteiger partial charge in [0.2, 0.25) is 0 Å². The Morgan fingerprint density at radius 1 is 0.433 bits per heavy atom. The van der Waals surface area contributed by atoms with E-state index in [0.29, 0.717) is 12.8 Å². The van der Waals surface area contributed by atoms with Gasteiger partial charge in [-0.1, -0.05) is 0 Å². The van der Waals surface area contributed by atoms with Crippen LogP contribution in [0.3, 0.4) is 0 Å². The first-order valence-corrected chi connectivity index (χ1v) is 8.59. The Bertz CT molecular complexity index is 523. The number of hydrogen-bond donors (Lipinski definition) is 6. The van der Waals surface area contributed by atoms with Crippen LogP contribution in [-0.4, -0.2) is 116 Å². The van der Waals surface area contributed by atoms with Crippen LogP contribution in [0.1, 0.15) is 25.7 Å². The minimum absolute atomic E-state index is 0.0628. The summed E-state index contributed by atoms with van der Waals surface area (Å²) in [6, 6.07) is 0. The SMILES string of the molecule is O=C(O)CCCCC(=O)O.O=C(O)CN(CCN(CC(=O)O)CC(=O)O)CC(=O)O. The van der Waals surface area contributed by atoms with Crippen LogP contribution >= 0.6 is 0 Å². The van der Waals surface area contributed by atoms with Crippen LogP contribution in [0.2, 0.25) is 0 Å². The highest BCUT2D eigenvalue weighted by Gasteiger charge is 2.18. The standard InChI is InChI=1S/C10H16N2O8.C6H10O4/c13-7(14)3-11(4-8(15)16)1-2-12(5-9(17)18)6-10(19)20;7-5(8)3-1-2-4-6(9)10/h1-6H2,(H,13,14)(H,15,16)(H,17,18)(H,19,20);1-4H2,(H,7,8)(H,9,10). The number of hydrogen-bond acceptors (Lipinski definition) is 8. The van der Waals surface area contributed by atoms with Gasteiger partial charge in [-0.3, -0.25) is 38.6 Å². The minimum Gasteiger partial charge on any atom is -0.481 e. The van der Waals surface area contributed by atoms with E-state index in [1.807, 2.05) is 0 Å². The summed E-state index contributed by atoms with van der Waals surface area (Å²) in [6.07, 6.45) is 1.02. The molecule has 0 aliphatic heterocycles. The van der Waals surface area contributed by atoms with Crippen molar-refractivity contribution in [1.82, 2.24) is 9.80 Å². The fourth-order valence-corrected chi connectivity index (χ4v) is 2.03. The molecule has 0 aromatic rings. The molecule has 0 rings (SSSR count). The molecule has 0 aliphatic rings. The Labute approximate surface area is 170 Å². The van der Waals surface area contributed by atoms with Gasteiger partial charge in [0, 0.05) is 25.9 Å². The largest absolute Gasteiger partial charge is 0.481 e. The molecule has 14 nitrogen and oxygen atoms in total. The zero-order chi connectivity index (χ0) is 23.7. The second kappa shape index (κ2) is 16.7. The third-order valence-corrected chi connectivity index (χ3v) is 3.20. The molecule has 0 atom stereocenters. The van der Waals surface area contributed by atoms with E-state index in [1.165, 1.54) is 0 Å². The van der Waals surface area contributed by atoms with Gasteiger partial charge >= 0.3 is 35.8 Å². The molecule has 0 unspecified atom stereocenters. The molecular formula is C16H26N2O12. The summed E-state index contributed by atoms with van der Waals surface area (Å²) in [5, 5.41) is 50.7. The zero-order valence-corrected chi connectivity index (χ0v) is 16.1. The lowest BCUT2D eigenvalue weighted by atomic mass is 10.2. The lowest BCUT2D eigenvalue weighted by molar-refractivity contribution is -0.145. The van der Waals surface area contributed by atoms with Gasteiger partial charge in [0.15, 0.2) is 0 Å². The molecule has 0 saturated carbocycles. The summed E-state index contributed by atoms with van der Waals surface area (Å²) in [6.45, 7) is -2.25. The monoisotopic (exact) mass is 438 g/mol. The number of carboxylic acids is 6. The van der Waals surface area contributed by atoms with Crippen LogP contribution in [0.15, 0.2) is 0 Å². The second-order valence-electron chi connectivity index (χ2n) is 5.99. The molecular weight excluding hydrogens is 412 g/mol. The van der Waals surface area contributed by atoms with Crippen molar-refractivity contribution in [1.29, 1.82) is 0 Å². The fourth-order valence-electron chi connectivity index (χ4n) is 2.03. The lowest BCUT2D eigenvalue weighted by Crippen LogP contribution is -2.43. The van der Waals surface area contributed by atoms with Crippen LogP contribution in [-0.2, 0) is 28.8 Å². The molecule has 0 fully saturated rings. The van der Waals surface area contributed by atoms with Crippen molar-refractivity contribution >= 4 is 35.8 Å². The molecule has 0 aromatic heterocycles. The summed E-state index contributed by atoms with van der Waals surface area (Å²) >= 11 is 0. The first-order valence-electron chi connectivity index (χ1n) is 8.59. The minimum atomic E-state index is -1.23. The summed E-state index contributed by atoms with van der Waals surface area (Å²) in [5.74, 6) is -6.65. The smallest absolute Gasteiger partial charge is 0.317 e. The van der Waals surface area contributed by atoms with Crippen LogP contribution in [0.5, 0.6) is 0 Å². The maximum atomic E-state index is 10.6. The molecule has 30 heavy (non-hydrogen) atoms. The van der Waals surface area contributed by atoms with Gasteiger partial charge in [-0.15, -0.1) is 0 Å². The number of nitrogens with zero attached hydrogens (tertiary/aromatic N) is 2. The molecule has 14 heteroatoms. The maximum Gasteiger partial charge on any atom is 0.317 e. The Balaban J connectivity index is 0. The molecule has 0 saturated heterocycles. The van der Waals surface area contributed by atoms with Crippen molar-refractivity contribution in [3.8, 4) is 0 Å². The Kier molecular flexibility index (Phi) is 16.1. The third kappa shape index (κ3) is 22.8. The molecule has 0 aliphatic carbocycles. The van der Waals surface area contributed by atoms with E-state index in [0.717, 1.165) is 9.80 Å². The van der Waals surface area contributed by atoms with Gasteiger partial charge in [-0.2, -0.15) is 0 Å². The van der Waals surface area contributed by atoms with E-state index >= 15 is 0 Å². The van der Waals surface area contributed by atoms with E-state index in [2.05, 4.69) is 0 Å². The molecule has 0 spiro atoms. The lowest BCUT2D eigenvalue weighted by Gasteiger charge is -2.23. The van der Waals surface area contributed by atoms with Gasteiger partial charge in [0.1, 0.15) is 0 Å². The van der Waals surface area contributed by atoms with Crippen molar-refractivity contribution in [2.75, 3.05) is 39.3 Å². The Hall–Kier alpha value is -3.26. The molecule has 6 N–H and O–H groups in total. The second-order valence-corrected chi connectivity index (χ2v) is 5.99. The molecule has 0 bridgehead atoms. The summed E-state index contributed by atoms with van der Waals surface area (Å²) < 4.78 is 0. The summed E-state index contributed by atoms with van der Waals surface area (Å²) in [5.41, 5.74) is 0. The highest BCUT2D eigenvalue weighted by Crippen LogP contribution is 1.98. The Morgan fingerprint density at radius 2 is 0.667 bits per heavy atom. The van der Waals surface area contributed by atoms with Crippen molar-refractivity contribution in [3.05, 3.63) is 0 Å². The Morgan fingerprint density at radius 3 is 0.833 bits per heavy atom. The van der Waals surface area contributed by atoms with E-state index < -0.39 is 62.0 Å². The highest BCUT2D eigenvalue weighted by atomic mass is 16.4. The van der Waals surface area contributed by atoms with Crippen LogP contribution in [0.4, 0.5) is 0 Å². The summed E-state index contributed by atoms with van der Waals surface area (Å²) in [4.78, 5) is 64.2. The van der Waals surface area contributed by atoms with Gasteiger partial charge in [0.25, 0.3) is 0 Å². The van der Waals surface area contributed by atoms with Crippen molar-refractivity contribution in [3.63, 3.8) is 0 Å². The predicted molar refractivity (Wildman–Crippen MR) is 97.2 cm³/mol. The average Bonchev–Trinajstić information content (AvgIpc) is 2.54. The van der Waals surface area contributed by atoms with Crippen molar-refractivity contribution < 1.29 is 59.4 Å². The first-order chi connectivity index (χ1) is 13.8. The molecule has 0 aromatic carbocycles. The van der Waals surface area contributed by atoms with E-state index in [-0.39, 0.29) is 25.9 Å². The van der Waals surface area contributed by atoms with Crippen LogP contribution < -0.4 is 0 Å². The van der Waals surface area contributed by atoms with Crippen LogP contribution in [0.25, 0.3) is 0 Å². The van der Waals surface area contributed by atoms with E-state index in [4.69, 9.17) is 30.6 Å².